The van der Waals surface area contributed by atoms with E-state index >= 15 is 0 Å². The summed E-state index contributed by atoms with van der Waals surface area (Å²) in [5.41, 5.74) is 5.38. The molecule has 6 heteroatoms. The lowest BCUT2D eigenvalue weighted by Gasteiger charge is -2.46. The zero-order valence-electron chi connectivity index (χ0n) is 20.0. The van der Waals surface area contributed by atoms with Gasteiger partial charge in [-0.1, -0.05) is 36.4 Å². The van der Waals surface area contributed by atoms with Crippen LogP contribution in [0.3, 0.4) is 0 Å². The summed E-state index contributed by atoms with van der Waals surface area (Å²) in [6.07, 6.45) is -0.214. The molecule has 2 bridgehead atoms. The Morgan fingerprint density at radius 3 is 2.58 bits per heavy atom. The van der Waals surface area contributed by atoms with Crippen LogP contribution >= 0.6 is 0 Å². The van der Waals surface area contributed by atoms with Crippen LogP contribution in [0, 0.1) is 18.3 Å². The lowest BCUT2D eigenvalue weighted by atomic mass is 9.84. The first-order chi connectivity index (χ1) is 17.5. The average Bonchev–Trinajstić information content (AvgIpc) is 2.91. The van der Waals surface area contributed by atoms with Crippen LogP contribution < -0.4 is 15.0 Å². The number of hydrogen-bond donors (Lipinski definition) is 0. The van der Waals surface area contributed by atoms with Crippen molar-refractivity contribution in [2.24, 2.45) is 0 Å². The van der Waals surface area contributed by atoms with Crippen LogP contribution in [0.2, 0.25) is 0 Å². The molecule has 0 radical (unpaired) electrons. The lowest BCUT2D eigenvalue weighted by molar-refractivity contribution is -0.237. The van der Waals surface area contributed by atoms with Gasteiger partial charge in [-0.25, -0.2) is 0 Å². The molecule has 0 amide bonds. The monoisotopic (exact) mass is 476 g/mol. The lowest BCUT2D eigenvalue weighted by Crippen LogP contribution is -2.48. The smallest absolute Gasteiger partial charge is 0.261 e. The number of methoxy groups -OCH3 is 1. The quantitative estimate of drug-likeness (QED) is 0.415. The Labute approximate surface area is 208 Å². The Bertz CT molecular complexity index is 1570. The molecular weight excluding hydrogens is 452 g/mol. The van der Waals surface area contributed by atoms with Crippen molar-refractivity contribution >= 4 is 0 Å². The standard InChI is InChI=1S/C30H24N2O4/c1-19-14-26-27(29(33)32(19)18-20-6-4-3-5-7-20)28-25-13-8-21(17-31)15-22(25)16-30(35-26,36-28)23-9-11-24(34-2)12-10-23/h3-15,28H,16,18H2,1-2H3. The molecule has 36 heavy (non-hydrogen) atoms. The van der Waals surface area contributed by atoms with Gasteiger partial charge in [0.05, 0.1) is 30.9 Å². The fourth-order valence-electron chi connectivity index (χ4n) is 5.20. The Kier molecular flexibility index (Phi) is 5.17. The maximum absolute atomic E-state index is 13.9. The first kappa shape index (κ1) is 22.1. The molecule has 2 atom stereocenters. The summed E-state index contributed by atoms with van der Waals surface area (Å²) < 4.78 is 20.3. The second-order valence-corrected chi connectivity index (χ2v) is 9.22. The molecule has 2 aliphatic heterocycles. The van der Waals surface area contributed by atoms with Gasteiger partial charge in [-0.15, -0.1) is 0 Å². The molecule has 0 spiro atoms. The van der Waals surface area contributed by atoms with Crippen molar-refractivity contribution in [1.82, 2.24) is 4.57 Å². The maximum Gasteiger partial charge on any atom is 0.261 e. The summed E-state index contributed by atoms with van der Waals surface area (Å²) in [6, 6.07) is 27.2. The maximum atomic E-state index is 13.9. The van der Waals surface area contributed by atoms with Crippen LogP contribution in [-0.2, 0) is 23.5 Å². The van der Waals surface area contributed by atoms with Gasteiger partial charge in [-0.05, 0) is 60.0 Å². The number of fused-ring (bicyclic) bond motifs is 6. The van der Waals surface area contributed by atoms with Crippen LogP contribution in [0.15, 0.2) is 83.7 Å². The van der Waals surface area contributed by atoms with E-state index in [0.29, 0.717) is 29.8 Å². The summed E-state index contributed by atoms with van der Waals surface area (Å²) >= 11 is 0. The number of ether oxygens (including phenoxy) is 3. The summed E-state index contributed by atoms with van der Waals surface area (Å²) in [7, 11) is 1.62. The zero-order valence-corrected chi connectivity index (χ0v) is 20.0. The van der Waals surface area contributed by atoms with E-state index in [4.69, 9.17) is 14.2 Å². The molecule has 3 heterocycles. The topological polar surface area (TPSA) is 73.5 Å². The first-order valence-electron chi connectivity index (χ1n) is 11.8. The third-order valence-electron chi connectivity index (χ3n) is 7.04. The van der Waals surface area contributed by atoms with Gasteiger partial charge in [0.15, 0.2) is 0 Å². The fourth-order valence-corrected chi connectivity index (χ4v) is 5.20. The number of nitrogens with zero attached hydrogens (tertiary/aromatic N) is 2. The van der Waals surface area contributed by atoms with E-state index in [-0.39, 0.29) is 5.56 Å². The predicted molar refractivity (Wildman–Crippen MR) is 134 cm³/mol. The van der Waals surface area contributed by atoms with Crippen LogP contribution in [-0.4, -0.2) is 11.7 Å². The van der Waals surface area contributed by atoms with Crippen LogP contribution in [0.25, 0.3) is 0 Å². The number of rotatable bonds is 4. The molecule has 0 saturated heterocycles. The third kappa shape index (κ3) is 3.48. The van der Waals surface area contributed by atoms with Crippen molar-refractivity contribution in [3.8, 4) is 17.6 Å². The molecule has 2 unspecified atom stereocenters. The van der Waals surface area contributed by atoms with E-state index in [1.54, 1.807) is 17.7 Å². The van der Waals surface area contributed by atoms with Gasteiger partial charge in [0.1, 0.15) is 17.6 Å². The van der Waals surface area contributed by atoms with Crippen molar-refractivity contribution in [2.75, 3.05) is 7.11 Å². The zero-order chi connectivity index (χ0) is 24.9. The molecule has 2 aliphatic rings. The van der Waals surface area contributed by atoms with E-state index in [9.17, 15) is 10.1 Å². The van der Waals surface area contributed by atoms with Crippen molar-refractivity contribution in [3.05, 3.63) is 128 Å². The molecular formula is C30H24N2O4. The molecule has 3 aromatic carbocycles. The second-order valence-electron chi connectivity index (χ2n) is 9.22. The highest BCUT2D eigenvalue weighted by atomic mass is 16.7. The minimum absolute atomic E-state index is 0.139. The van der Waals surface area contributed by atoms with Gasteiger partial charge in [0, 0.05) is 23.7 Å². The number of hydrogen-bond acceptors (Lipinski definition) is 5. The minimum atomic E-state index is -1.13. The number of aromatic nitrogens is 1. The molecule has 0 aliphatic carbocycles. The summed E-state index contributed by atoms with van der Waals surface area (Å²) in [5, 5.41) is 9.51. The van der Waals surface area contributed by atoms with Crippen molar-refractivity contribution < 1.29 is 14.2 Å². The second kappa shape index (κ2) is 8.40. The van der Waals surface area contributed by atoms with E-state index < -0.39 is 11.9 Å². The Hall–Kier alpha value is -4.34. The number of aryl methyl sites for hydroxylation is 1. The van der Waals surface area contributed by atoms with E-state index in [2.05, 4.69) is 6.07 Å². The van der Waals surface area contributed by atoms with Gasteiger partial charge >= 0.3 is 0 Å². The largest absolute Gasteiger partial charge is 0.497 e. The minimum Gasteiger partial charge on any atom is -0.497 e. The van der Waals surface area contributed by atoms with Crippen molar-refractivity contribution in [3.63, 3.8) is 0 Å². The van der Waals surface area contributed by atoms with Crippen molar-refractivity contribution in [2.45, 2.75) is 31.8 Å². The van der Waals surface area contributed by atoms with Gasteiger partial charge in [0.25, 0.3) is 5.56 Å². The number of nitriles is 1. The van der Waals surface area contributed by atoms with E-state index in [1.807, 2.05) is 79.7 Å². The van der Waals surface area contributed by atoms with Crippen LogP contribution in [0.1, 0.15) is 45.2 Å². The predicted octanol–water partition coefficient (Wildman–Crippen LogP) is 4.99. The van der Waals surface area contributed by atoms with Gasteiger partial charge in [0.2, 0.25) is 5.79 Å². The molecule has 1 aromatic heterocycles. The Balaban J connectivity index is 1.54. The highest BCUT2D eigenvalue weighted by molar-refractivity contribution is 5.51. The molecule has 0 saturated carbocycles. The van der Waals surface area contributed by atoms with Gasteiger partial charge < -0.3 is 18.8 Å². The molecule has 6 nitrogen and oxygen atoms in total. The van der Waals surface area contributed by atoms with Gasteiger partial charge in [-0.3, -0.25) is 4.79 Å². The highest BCUT2D eigenvalue weighted by Gasteiger charge is 2.50. The van der Waals surface area contributed by atoms with Gasteiger partial charge in [-0.2, -0.15) is 5.26 Å². The Morgan fingerprint density at radius 1 is 1.08 bits per heavy atom. The summed E-state index contributed by atoms with van der Waals surface area (Å²) in [6.45, 7) is 2.38. The Morgan fingerprint density at radius 2 is 1.86 bits per heavy atom. The molecule has 4 aromatic rings. The first-order valence-corrected chi connectivity index (χ1v) is 11.8. The molecule has 0 N–H and O–H groups in total. The van der Waals surface area contributed by atoms with Crippen molar-refractivity contribution in [1.29, 1.82) is 5.26 Å². The van der Waals surface area contributed by atoms with Crippen LogP contribution in [0.5, 0.6) is 11.5 Å². The fraction of sp³-hybridized carbons (Fsp3) is 0.200. The third-order valence-corrected chi connectivity index (χ3v) is 7.04. The molecule has 178 valence electrons. The summed E-state index contributed by atoms with van der Waals surface area (Å²) in [5.74, 6) is 0.129. The van der Waals surface area contributed by atoms with Crippen LogP contribution in [0.4, 0.5) is 0 Å². The highest BCUT2D eigenvalue weighted by Crippen LogP contribution is 2.51. The normalized spacial score (nSPS) is 19.4. The van der Waals surface area contributed by atoms with E-state index in [1.165, 1.54) is 0 Å². The summed E-state index contributed by atoms with van der Waals surface area (Å²) in [4.78, 5) is 13.9. The average molecular weight is 477 g/mol. The molecule has 0 fully saturated rings. The molecule has 6 rings (SSSR count). The van der Waals surface area contributed by atoms with E-state index in [0.717, 1.165) is 33.7 Å². The SMILES string of the molecule is COc1ccc(C23Cc4cc(C#N)ccc4C(O2)c2c(cc(C)n(Cc4ccccc4)c2=O)O3)cc1. The number of benzene rings is 3. The number of pyridine rings is 1.